The summed E-state index contributed by atoms with van der Waals surface area (Å²) < 4.78 is 12.3. The number of piperidine rings is 1. The molecule has 1 aliphatic heterocycles. The van der Waals surface area contributed by atoms with E-state index >= 15 is 0 Å². The van der Waals surface area contributed by atoms with Gasteiger partial charge in [0.2, 0.25) is 11.8 Å². The Balaban J connectivity index is 0.00000400. The second kappa shape index (κ2) is 13.7. The SMILES string of the molecule is COCCOc1cc2cc(C(=O)NC3CCN(C(C)C)CC3)n(CC(=O)Nc3ccc(Cl)cn3)c2cn1.Cl. The van der Waals surface area contributed by atoms with Crippen molar-refractivity contribution in [3.63, 3.8) is 0 Å². The highest BCUT2D eigenvalue weighted by Gasteiger charge is 2.25. The monoisotopic (exact) mass is 564 g/mol. The third-order valence-corrected chi connectivity index (χ3v) is 6.65. The lowest BCUT2D eigenvalue weighted by Crippen LogP contribution is -2.47. The molecule has 1 saturated heterocycles. The van der Waals surface area contributed by atoms with Crippen molar-refractivity contribution in [1.82, 2.24) is 24.8 Å². The third kappa shape index (κ3) is 7.57. The summed E-state index contributed by atoms with van der Waals surface area (Å²) in [5.41, 5.74) is 1.04. The molecule has 1 fully saturated rings. The van der Waals surface area contributed by atoms with Gasteiger partial charge in [-0.05, 0) is 44.9 Å². The van der Waals surface area contributed by atoms with Crippen LogP contribution in [0.15, 0.2) is 36.7 Å². The van der Waals surface area contributed by atoms with Crippen molar-refractivity contribution >= 4 is 52.5 Å². The fourth-order valence-corrected chi connectivity index (χ4v) is 4.51. The average molecular weight is 566 g/mol. The molecule has 0 bridgehead atoms. The lowest BCUT2D eigenvalue weighted by molar-refractivity contribution is -0.116. The minimum atomic E-state index is -0.327. The number of halogens is 2. The van der Waals surface area contributed by atoms with Crippen LogP contribution in [-0.4, -0.2) is 76.7 Å². The Morgan fingerprint density at radius 2 is 1.89 bits per heavy atom. The maximum atomic E-state index is 13.4. The normalized spacial score (nSPS) is 14.3. The Morgan fingerprint density at radius 1 is 1.13 bits per heavy atom. The molecule has 0 aliphatic carbocycles. The molecule has 0 saturated carbocycles. The van der Waals surface area contributed by atoms with E-state index in [1.807, 2.05) is 0 Å². The summed E-state index contributed by atoms with van der Waals surface area (Å²) in [7, 11) is 1.60. The first-order chi connectivity index (χ1) is 17.8. The van der Waals surface area contributed by atoms with Gasteiger partial charge < -0.3 is 29.6 Å². The largest absolute Gasteiger partial charge is 0.475 e. The summed E-state index contributed by atoms with van der Waals surface area (Å²) in [5.74, 6) is 0.246. The number of fused-ring (bicyclic) bond motifs is 1. The smallest absolute Gasteiger partial charge is 0.268 e. The molecule has 12 heteroatoms. The van der Waals surface area contributed by atoms with E-state index in [1.54, 1.807) is 42.1 Å². The van der Waals surface area contributed by atoms with Crippen LogP contribution in [0.1, 0.15) is 37.2 Å². The van der Waals surface area contributed by atoms with E-state index in [0.29, 0.717) is 47.2 Å². The predicted molar refractivity (Wildman–Crippen MR) is 149 cm³/mol. The highest BCUT2D eigenvalue weighted by atomic mass is 35.5. The fourth-order valence-electron chi connectivity index (χ4n) is 4.40. The van der Waals surface area contributed by atoms with Crippen LogP contribution in [0.2, 0.25) is 5.02 Å². The zero-order valence-electron chi connectivity index (χ0n) is 21.8. The minimum Gasteiger partial charge on any atom is -0.475 e. The molecule has 0 aromatic carbocycles. The van der Waals surface area contributed by atoms with E-state index in [-0.39, 0.29) is 36.8 Å². The third-order valence-electron chi connectivity index (χ3n) is 6.42. The first-order valence-corrected chi connectivity index (χ1v) is 12.8. The van der Waals surface area contributed by atoms with Gasteiger partial charge in [-0.1, -0.05) is 11.6 Å². The van der Waals surface area contributed by atoms with Crippen molar-refractivity contribution in [3.8, 4) is 5.88 Å². The Bertz CT molecular complexity index is 1230. The maximum absolute atomic E-state index is 13.4. The van der Waals surface area contributed by atoms with Gasteiger partial charge in [-0.2, -0.15) is 0 Å². The molecule has 3 aromatic rings. The first-order valence-electron chi connectivity index (χ1n) is 12.4. The number of ether oxygens (including phenoxy) is 2. The van der Waals surface area contributed by atoms with Gasteiger partial charge in [0.05, 0.1) is 23.3 Å². The van der Waals surface area contributed by atoms with E-state index in [9.17, 15) is 9.59 Å². The molecule has 10 nitrogen and oxygen atoms in total. The average Bonchev–Trinajstić information content (AvgIpc) is 3.23. The molecule has 0 unspecified atom stereocenters. The molecule has 0 spiro atoms. The molecule has 2 amide bonds. The van der Waals surface area contributed by atoms with Crippen LogP contribution in [0.4, 0.5) is 5.82 Å². The summed E-state index contributed by atoms with van der Waals surface area (Å²) >= 11 is 5.89. The summed E-state index contributed by atoms with van der Waals surface area (Å²) in [6.07, 6.45) is 4.84. The Morgan fingerprint density at radius 3 is 2.55 bits per heavy atom. The Hall–Kier alpha value is -2.92. The lowest BCUT2D eigenvalue weighted by Gasteiger charge is -2.34. The lowest BCUT2D eigenvalue weighted by atomic mass is 10.0. The molecular weight excluding hydrogens is 531 g/mol. The van der Waals surface area contributed by atoms with Crippen molar-refractivity contribution in [3.05, 3.63) is 47.4 Å². The molecule has 4 rings (SSSR count). The number of pyridine rings is 2. The van der Waals surface area contributed by atoms with Crippen molar-refractivity contribution < 1.29 is 19.1 Å². The number of hydrogen-bond donors (Lipinski definition) is 2. The number of nitrogens with zero attached hydrogens (tertiary/aromatic N) is 4. The van der Waals surface area contributed by atoms with E-state index < -0.39 is 0 Å². The minimum absolute atomic E-state index is 0. The second-order valence-corrected chi connectivity index (χ2v) is 9.76. The van der Waals surface area contributed by atoms with Crippen molar-refractivity contribution in [2.75, 3.05) is 38.7 Å². The van der Waals surface area contributed by atoms with Crippen LogP contribution in [-0.2, 0) is 16.1 Å². The quantitative estimate of drug-likeness (QED) is 0.360. The number of carbonyl (C=O) groups is 2. The van der Waals surface area contributed by atoms with Gasteiger partial charge in [0.1, 0.15) is 24.7 Å². The molecule has 0 atom stereocenters. The first kappa shape index (κ1) is 29.6. The number of rotatable bonds is 10. The number of likely N-dealkylation sites (tertiary alicyclic amines) is 1. The fraction of sp³-hybridized carbons (Fsp3) is 0.462. The van der Waals surface area contributed by atoms with Gasteiger partial charge in [0.25, 0.3) is 5.91 Å². The highest BCUT2D eigenvalue weighted by Crippen LogP contribution is 2.24. The van der Waals surface area contributed by atoms with Gasteiger partial charge in [0, 0.05) is 49.9 Å². The van der Waals surface area contributed by atoms with E-state index in [1.165, 1.54) is 6.20 Å². The van der Waals surface area contributed by atoms with Gasteiger partial charge in [0.15, 0.2) is 0 Å². The number of carbonyl (C=O) groups excluding carboxylic acids is 2. The van der Waals surface area contributed by atoms with E-state index in [2.05, 4.69) is 39.3 Å². The van der Waals surface area contributed by atoms with Gasteiger partial charge in [-0.25, -0.2) is 9.97 Å². The maximum Gasteiger partial charge on any atom is 0.268 e. The number of aromatic nitrogens is 3. The van der Waals surface area contributed by atoms with Crippen LogP contribution < -0.4 is 15.4 Å². The highest BCUT2D eigenvalue weighted by molar-refractivity contribution is 6.30. The molecule has 38 heavy (non-hydrogen) atoms. The Labute approximate surface area is 233 Å². The molecule has 4 heterocycles. The van der Waals surface area contributed by atoms with Crippen molar-refractivity contribution in [2.24, 2.45) is 0 Å². The van der Waals surface area contributed by atoms with Crippen molar-refractivity contribution in [2.45, 2.75) is 45.3 Å². The van der Waals surface area contributed by atoms with E-state index in [0.717, 1.165) is 31.3 Å². The van der Waals surface area contributed by atoms with Crippen LogP contribution in [0.5, 0.6) is 5.88 Å². The molecule has 1 aliphatic rings. The van der Waals surface area contributed by atoms with Crippen LogP contribution in [0.25, 0.3) is 10.9 Å². The number of amides is 2. The molecular formula is C26H34Cl2N6O4. The number of anilines is 1. The van der Waals surface area contributed by atoms with Gasteiger partial charge in [-0.15, -0.1) is 12.4 Å². The second-order valence-electron chi connectivity index (χ2n) is 9.33. The number of methoxy groups -OCH3 is 1. The van der Waals surface area contributed by atoms with Crippen LogP contribution in [0, 0.1) is 0 Å². The predicted octanol–water partition coefficient (Wildman–Crippen LogP) is 3.77. The molecule has 2 N–H and O–H groups in total. The van der Waals surface area contributed by atoms with Gasteiger partial charge in [-0.3, -0.25) is 9.59 Å². The number of nitrogens with one attached hydrogen (secondary N) is 2. The number of hydrogen-bond acceptors (Lipinski definition) is 7. The van der Waals surface area contributed by atoms with Crippen molar-refractivity contribution in [1.29, 1.82) is 0 Å². The van der Waals surface area contributed by atoms with Crippen LogP contribution in [0.3, 0.4) is 0 Å². The topological polar surface area (TPSA) is 111 Å². The van der Waals surface area contributed by atoms with Gasteiger partial charge >= 0.3 is 0 Å². The van der Waals surface area contributed by atoms with Crippen LogP contribution >= 0.6 is 24.0 Å². The summed E-state index contributed by atoms with van der Waals surface area (Å²) in [6.45, 7) is 6.94. The standard InChI is InChI=1S/C26H33ClN6O4.ClH/c1-17(2)32-8-6-20(7-9-32)30-26(35)21-12-18-13-25(37-11-10-36-3)29-15-22(18)33(21)16-24(34)31-23-5-4-19(27)14-28-23;/h4-5,12-15,17,20H,6-11,16H2,1-3H3,(H,30,35)(H,28,31,34);1H. The molecule has 206 valence electrons. The molecule has 0 radical (unpaired) electrons. The zero-order valence-corrected chi connectivity index (χ0v) is 23.3. The molecule has 3 aromatic heterocycles. The zero-order chi connectivity index (χ0) is 26.4. The summed E-state index contributed by atoms with van der Waals surface area (Å²) in [4.78, 5) is 37.2. The summed E-state index contributed by atoms with van der Waals surface area (Å²) in [6, 6.07) is 7.36. The summed E-state index contributed by atoms with van der Waals surface area (Å²) in [5, 5.41) is 7.15. The Kier molecular flexibility index (Phi) is 10.7. The van der Waals surface area contributed by atoms with E-state index in [4.69, 9.17) is 21.1 Å².